The predicted octanol–water partition coefficient (Wildman–Crippen LogP) is 1.30. The molecule has 3 rings (SSSR count). The van der Waals surface area contributed by atoms with E-state index in [1.807, 2.05) is 0 Å². The van der Waals surface area contributed by atoms with Crippen LogP contribution in [0.3, 0.4) is 0 Å². The van der Waals surface area contributed by atoms with E-state index in [9.17, 15) is 13.7 Å². The summed E-state index contributed by atoms with van der Waals surface area (Å²) in [5, 5.41) is 9.82. The summed E-state index contributed by atoms with van der Waals surface area (Å²) in [5.41, 5.74) is 0.921. The van der Waals surface area contributed by atoms with E-state index in [0.717, 1.165) is 12.7 Å². The molecule has 3 heterocycles. The molecule has 1 aliphatic heterocycles. The molecule has 1 saturated heterocycles. The van der Waals surface area contributed by atoms with Crippen molar-refractivity contribution in [3.63, 3.8) is 0 Å². The number of nitriles is 1. The molecule has 2 aromatic rings. The average molecular weight is 320 g/mol. The fraction of sp³-hybridized carbons (Fsp3) is 0.500. The third-order valence-corrected chi connectivity index (χ3v) is 4.88. The Bertz CT molecular complexity index is 866. The molecule has 1 fully saturated rings. The van der Waals surface area contributed by atoms with Crippen LogP contribution in [0.1, 0.15) is 25.1 Å². The van der Waals surface area contributed by atoms with Gasteiger partial charge >= 0.3 is 0 Å². The summed E-state index contributed by atoms with van der Waals surface area (Å²) in [5.74, 6) is 0.277. The lowest BCUT2D eigenvalue weighted by Crippen LogP contribution is -2.19. The van der Waals surface area contributed by atoms with Gasteiger partial charge in [0.25, 0.3) is 0 Å². The van der Waals surface area contributed by atoms with Gasteiger partial charge in [0.1, 0.15) is 17.4 Å². The molecule has 0 N–H and O–H groups in total. The van der Waals surface area contributed by atoms with Gasteiger partial charge in [-0.1, -0.05) is 6.92 Å². The van der Waals surface area contributed by atoms with Crippen molar-refractivity contribution in [2.24, 2.45) is 5.92 Å². The third kappa shape index (κ3) is 2.36. The second-order valence-corrected chi connectivity index (χ2v) is 7.40. The molecule has 0 aliphatic carbocycles. The minimum Gasteiger partial charge on any atom is -0.379 e. The van der Waals surface area contributed by atoms with Gasteiger partial charge in [-0.15, -0.1) is 0 Å². The number of fused-ring (bicyclic) bond motifs is 1. The van der Waals surface area contributed by atoms with E-state index in [2.05, 4.69) is 23.0 Å². The topological polar surface area (TPSA) is 97.9 Å². The quantitative estimate of drug-likeness (QED) is 0.791. The van der Waals surface area contributed by atoms with Gasteiger partial charge in [-0.05, 0) is 12.5 Å². The maximum Gasteiger partial charge on any atom is 0.248 e. The lowest BCUT2D eigenvalue weighted by atomic mass is 10.0. The van der Waals surface area contributed by atoms with Crippen molar-refractivity contribution in [1.29, 1.82) is 5.26 Å². The highest BCUT2D eigenvalue weighted by Crippen LogP contribution is 2.33. The van der Waals surface area contributed by atoms with Crippen molar-refractivity contribution in [3.8, 4) is 6.07 Å². The van der Waals surface area contributed by atoms with Crippen LogP contribution in [-0.4, -0.2) is 42.4 Å². The zero-order valence-corrected chi connectivity index (χ0v) is 13.2. The van der Waals surface area contributed by atoms with Crippen LogP contribution in [0.5, 0.6) is 0 Å². The molecule has 22 heavy (non-hydrogen) atoms. The van der Waals surface area contributed by atoms with E-state index in [-0.39, 0.29) is 17.1 Å². The Labute approximate surface area is 128 Å². The Morgan fingerprint density at radius 2 is 2.27 bits per heavy atom. The molecule has 8 heteroatoms. The first-order chi connectivity index (χ1) is 10.5. The van der Waals surface area contributed by atoms with Gasteiger partial charge in [0, 0.05) is 23.8 Å². The Hall–Kier alpha value is -1.98. The number of rotatable bonds is 3. The second kappa shape index (κ2) is 5.34. The Kier molecular flexibility index (Phi) is 3.62. The average Bonchev–Trinajstić information content (AvgIpc) is 3.08. The molecule has 2 unspecified atom stereocenters. The molecule has 0 radical (unpaired) electrons. The summed E-state index contributed by atoms with van der Waals surface area (Å²) >= 11 is 0. The van der Waals surface area contributed by atoms with Gasteiger partial charge < -0.3 is 9.30 Å². The number of hydrogen-bond donors (Lipinski definition) is 0. The highest BCUT2D eigenvalue weighted by molar-refractivity contribution is 7.90. The highest BCUT2D eigenvalue weighted by atomic mass is 32.2. The van der Waals surface area contributed by atoms with Crippen LogP contribution < -0.4 is 0 Å². The molecular weight excluding hydrogens is 304 g/mol. The molecule has 0 aromatic carbocycles. The molecule has 0 amide bonds. The Balaban J connectivity index is 2.25. The molecule has 116 valence electrons. The molecule has 0 bridgehead atoms. The first kappa shape index (κ1) is 14.9. The van der Waals surface area contributed by atoms with Gasteiger partial charge in [-0.2, -0.15) is 10.2 Å². The summed E-state index contributed by atoms with van der Waals surface area (Å²) in [7, 11) is -3.50. The van der Waals surface area contributed by atoms with Crippen LogP contribution in [-0.2, 0) is 14.6 Å². The van der Waals surface area contributed by atoms with Crippen LogP contribution in [0.2, 0.25) is 0 Å². The maximum atomic E-state index is 11.7. The summed E-state index contributed by atoms with van der Waals surface area (Å²) in [4.78, 5) is 8.07. The van der Waals surface area contributed by atoms with Gasteiger partial charge in [0.2, 0.25) is 15.0 Å². The van der Waals surface area contributed by atoms with E-state index in [4.69, 9.17) is 4.74 Å². The second-order valence-electron chi connectivity index (χ2n) is 5.49. The first-order valence-corrected chi connectivity index (χ1v) is 8.90. The summed E-state index contributed by atoms with van der Waals surface area (Å²) < 4.78 is 30.7. The molecule has 0 saturated carbocycles. The number of aromatic nitrogens is 3. The minimum absolute atomic E-state index is 0.0144. The molecule has 7 nitrogen and oxygen atoms in total. The lowest BCUT2D eigenvalue weighted by Gasteiger charge is -2.19. The maximum absolute atomic E-state index is 11.7. The van der Waals surface area contributed by atoms with Crippen LogP contribution in [0.15, 0.2) is 17.4 Å². The molecule has 0 spiro atoms. The van der Waals surface area contributed by atoms with Crippen molar-refractivity contribution < 1.29 is 13.2 Å². The van der Waals surface area contributed by atoms with Crippen molar-refractivity contribution in [2.45, 2.75) is 24.5 Å². The summed E-state index contributed by atoms with van der Waals surface area (Å²) in [6, 6.07) is 3.83. The van der Waals surface area contributed by atoms with Crippen LogP contribution in [0, 0.1) is 17.2 Å². The summed E-state index contributed by atoms with van der Waals surface area (Å²) in [6.45, 7) is 3.20. The van der Waals surface area contributed by atoms with Gasteiger partial charge in [-0.3, -0.25) is 0 Å². The number of hydrogen-bond acceptors (Lipinski definition) is 6. The Morgan fingerprint density at radius 3 is 2.91 bits per heavy atom. The van der Waals surface area contributed by atoms with Crippen LogP contribution in [0.25, 0.3) is 11.0 Å². The van der Waals surface area contributed by atoms with Crippen LogP contribution in [0.4, 0.5) is 0 Å². The predicted molar refractivity (Wildman–Crippen MR) is 79.0 cm³/mol. The monoisotopic (exact) mass is 320 g/mol. The normalized spacial score (nSPS) is 22.0. The van der Waals surface area contributed by atoms with Gasteiger partial charge in [0.05, 0.1) is 19.3 Å². The van der Waals surface area contributed by atoms with E-state index in [1.165, 1.54) is 6.20 Å². The zero-order chi connectivity index (χ0) is 15.9. The number of sulfone groups is 1. The van der Waals surface area contributed by atoms with E-state index in [0.29, 0.717) is 29.9 Å². The Morgan fingerprint density at radius 1 is 1.50 bits per heavy atom. The van der Waals surface area contributed by atoms with E-state index < -0.39 is 9.84 Å². The third-order valence-electron chi connectivity index (χ3n) is 4.02. The molecular formula is C14H16N4O3S. The fourth-order valence-corrected chi connectivity index (χ4v) is 3.35. The van der Waals surface area contributed by atoms with Crippen molar-refractivity contribution in [2.75, 3.05) is 19.5 Å². The van der Waals surface area contributed by atoms with E-state index in [1.54, 1.807) is 10.6 Å². The minimum atomic E-state index is -3.50. The SMILES string of the molecule is CCC1COCC1n1c(C#N)cc2cnc(S(C)(=O)=O)nc21. The number of nitrogens with zero attached hydrogens (tertiary/aromatic N) is 4. The smallest absolute Gasteiger partial charge is 0.248 e. The number of ether oxygens (including phenoxy) is 1. The van der Waals surface area contributed by atoms with Crippen molar-refractivity contribution in [1.82, 2.24) is 14.5 Å². The molecule has 2 atom stereocenters. The molecule has 1 aliphatic rings. The largest absolute Gasteiger partial charge is 0.379 e. The lowest BCUT2D eigenvalue weighted by molar-refractivity contribution is 0.180. The van der Waals surface area contributed by atoms with Crippen LogP contribution >= 0.6 is 0 Å². The van der Waals surface area contributed by atoms with Crippen molar-refractivity contribution in [3.05, 3.63) is 18.0 Å². The first-order valence-electron chi connectivity index (χ1n) is 7.01. The summed E-state index contributed by atoms with van der Waals surface area (Å²) in [6.07, 6.45) is 3.44. The van der Waals surface area contributed by atoms with Gasteiger partial charge in [0.15, 0.2) is 0 Å². The standard InChI is InChI=1S/C14H16N4O3S/c1-3-9-7-21-8-12(9)18-11(5-15)4-10-6-16-14(17-13(10)18)22(2,19)20/h4,6,9,12H,3,7-8H2,1-2H3. The highest BCUT2D eigenvalue weighted by Gasteiger charge is 2.31. The van der Waals surface area contributed by atoms with Crippen molar-refractivity contribution >= 4 is 20.9 Å². The van der Waals surface area contributed by atoms with E-state index >= 15 is 0 Å². The zero-order valence-electron chi connectivity index (χ0n) is 12.4. The molecule has 2 aromatic heterocycles. The van der Waals surface area contributed by atoms with Gasteiger partial charge in [-0.25, -0.2) is 13.4 Å². The fourth-order valence-electron chi connectivity index (χ4n) is 2.86.